The minimum atomic E-state index is 0.523. The van der Waals surface area contributed by atoms with Crippen LogP contribution in [0.4, 0.5) is 0 Å². The topological polar surface area (TPSA) is 54.2 Å². The van der Waals surface area contributed by atoms with E-state index in [-0.39, 0.29) is 0 Å². The SMILES string of the molecule is Cc1nc(-c2ccco2)cc([C@H]2CN3CC[C@H]2C[C@@H]3CNCC2CCCC2)n1. The Balaban J connectivity index is 1.25. The van der Waals surface area contributed by atoms with E-state index in [1.807, 2.05) is 19.1 Å². The molecule has 0 amide bonds. The molecule has 1 N–H and O–H groups in total. The third-order valence-electron chi connectivity index (χ3n) is 7.18. The second-order valence-electron chi connectivity index (χ2n) is 9.05. The van der Waals surface area contributed by atoms with Crippen molar-refractivity contribution in [2.75, 3.05) is 26.2 Å². The van der Waals surface area contributed by atoms with Crippen molar-refractivity contribution in [2.45, 2.75) is 57.4 Å². The van der Waals surface area contributed by atoms with Gasteiger partial charge in [-0.25, -0.2) is 9.97 Å². The maximum atomic E-state index is 5.57. The highest BCUT2D eigenvalue weighted by Gasteiger charge is 2.41. The van der Waals surface area contributed by atoms with Crippen molar-refractivity contribution in [1.82, 2.24) is 20.2 Å². The van der Waals surface area contributed by atoms with Gasteiger partial charge in [0.2, 0.25) is 0 Å². The third kappa shape index (κ3) is 3.74. The summed E-state index contributed by atoms with van der Waals surface area (Å²) in [5.74, 6) is 3.86. The number of hydrogen-bond donors (Lipinski definition) is 1. The first kappa shape index (κ1) is 18.3. The number of hydrogen-bond acceptors (Lipinski definition) is 5. The molecule has 1 aliphatic carbocycles. The van der Waals surface area contributed by atoms with Crippen LogP contribution in [0.1, 0.15) is 56.0 Å². The van der Waals surface area contributed by atoms with Crippen LogP contribution in [-0.4, -0.2) is 47.1 Å². The van der Waals surface area contributed by atoms with Gasteiger partial charge in [-0.05, 0) is 75.7 Å². The lowest BCUT2D eigenvalue weighted by Crippen LogP contribution is -2.55. The molecule has 0 radical (unpaired) electrons. The summed E-state index contributed by atoms with van der Waals surface area (Å²) in [5.41, 5.74) is 2.12. The third-order valence-corrected chi connectivity index (χ3v) is 7.18. The van der Waals surface area contributed by atoms with Crippen LogP contribution in [0.25, 0.3) is 11.5 Å². The summed E-state index contributed by atoms with van der Waals surface area (Å²) in [5, 5.41) is 3.79. The number of piperidine rings is 3. The summed E-state index contributed by atoms with van der Waals surface area (Å²) in [6.45, 7) is 6.74. The summed E-state index contributed by atoms with van der Waals surface area (Å²) in [6, 6.07) is 6.76. The van der Waals surface area contributed by atoms with Gasteiger partial charge < -0.3 is 9.73 Å². The number of rotatable bonds is 6. The first-order chi connectivity index (χ1) is 13.8. The Morgan fingerprint density at radius 3 is 2.82 bits per heavy atom. The molecule has 4 atom stereocenters. The van der Waals surface area contributed by atoms with Gasteiger partial charge >= 0.3 is 0 Å². The van der Waals surface area contributed by atoms with E-state index in [9.17, 15) is 0 Å². The fraction of sp³-hybridized carbons (Fsp3) is 0.652. The quantitative estimate of drug-likeness (QED) is 0.821. The van der Waals surface area contributed by atoms with Crippen LogP contribution in [0.15, 0.2) is 28.9 Å². The second-order valence-corrected chi connectivity index (χ2v) is 9.05. The predicted molar refractivity (Wildman–Crippen MR) is 110 cm³/mol. The minimum Gasteiger partial charge on any atom is -0.463 e. The molecule has 0 aromatic carbocycles. The van der Waals surface area contributed by atoms with E-state index < -0.39 is 0 Å². The molecule has 1 unspecified atom stereocenters. The van der Waals surface area contributed by atoms with Crippen molar-refractivity contribution in [2.24, 2.45) is 11.8 Å². The monoisotopic (exact) mass is 380 g/mol. The molecular weight excluding hydrogens is 348 g/mol. The maximum Gasteiger partial charge on any atom is 0.152 e. The Morgan fingerprint density at radius 1 is 1.18 bits per heavy atom. The van der Waals surface area contributed by atoms with Crippen LogP contribution in [0.5, 0.6) is 0 Å². The Kier molecular flexibility index (Phi) is 5.20. The molecule has 2 aromatic heterocycles. The molecule has 2 bridgehead atoms. The average Bonchev–Trinajstić information content (AvgIpc) is 3.42. The lowest BCUT2D eigenvalue weighted by Gasteiger charge is -2.50. The summed E-state index contributed by atoms with van der Waals surface area (Å²) in [7, 11) is 0. The average molecular weight is 381 g/mol. The number of nitrogens with one attached hydrogen (secondary N) is 1. The zero-order chi connectivity index (χ0) is 18.9. The highest BCUT2D eigenvalue weighted by Crippen LogP contribution is 2.41. The van der Waals surface area contributed by atoms with Crippen LogP contribution >= 0.6 is 0 Å². The van der Waals surface area contributed by atoms with Crippen LogP contribution in [0, 0.1) is 18.8 Å². The number of aromatic nitrogens is 2. The highest BCUT2D eigenvalue weighted by atomic mass is 16.3. The Hall–Kier alpha value is -1.72. The van der Waals surface area contributed by atoms with Gasteiger partial charge in [0.15, 0.2) is 5.76 Å². The van der Waals surface area contributed by atoms with Crippen molar-refractivity contribution in [1.29, 1.82) is 0 Å². The maximum absolute atomic E-state index is 5.57. The van der Waals surface area contributed by atoms with Crippen LogP contribution in [-0.2, 0) is 0 Å². The molecule has 1 saturated carbocycles. The van der Waals surface area contributed by atoms with E-state index in [1.54, 1.807) is 6.26 Å². The molecule has 4 fully saturated rings. The molecule has 5 heteroatoms. The lowest BCUT2D eigenvalue weighted by molar-refractivity contribution is 0.0290. The minimum absolute atomic E-state index is 0.523. The fourth-order valence-electron chi connectivity index (χ4n) is 5.69. The van der Waals surface area contributed by atoms with Crippen LogP contribution in [0.3, 0.4) is 0 Å². The first-order valence-corrected chi connectivity index (χ1v) is 11.1. The summed E-state index contributed by atoms with van der Waals surface area (Å²) in [4.78, 5) is 12.1. The second kappa shape index (κ2) is 7.96. The Labute approximate surface area is 167 Å². The van der Waals surface area contributed by atoms with Gasteiger partial charge in [0.1, 0.15) is 11.5 Å². The first-order valence-electron chi connectivity index (χ1n) is 11.1. The van der Waals surface area contributed by atoms with Crippen molar-refractivity contribution in [3.8, 4) is 11.5 Å². The molecule has 4 aliphatic rings. The van der Waals surface area contributed by atoms with E-state index in [0.29, 0.717) is 12.0 Å². The smallest absolute Gasteiger partial charge is 0.152 e. The van der Waals surface area contributed by atoms with Gasteiger partial charge in [-0.1, -0.05) is 12.8 Å². The van der Waals surface area contributed by atoms with Gasteiger partial charge in [-0.15, -0.1) is 0 Å². The van der Waals surface area contributed by atoms with E-state index >= 15 is 0 Å². The normalized spacial score (nSPS) is 30.2. The van der Waals surface area contributed by atoms with E-state index in [1.165, 1.54) is 57.3 Å². The van der Waals surface area contributed by atoms with Crippen LogP contribution < -0.4 is 5.32 Å². The van der Waals surface area contributed by atoms with E-state index in [4.69, 9.17) is 9.40 Å². The van der Waals surface area contributed by atoms with E-state index in [0.717, 1.165) is 42.2 Å². The van der Waals surface area contributed by atoms with Gasteiger partial charge in [0.25, 0.3) is 0 Å². The van der Waals surface area contributed by atoms with E-state index in [2.05, 4.69) is 21.3 Å². The number of fused-ring (bicyclic) bond motifs is 3. The zero-order valence-corrected chi connectivity index (χ0v) is 16.9. The van der Waals surface area contributed by atoms with Crippen molar-refractivity contribution >= 4 is 0 Å². The molecular formula is C23H32N4O. The van der Waals surface area contributed by atoms with Gasteiger partial charge in [0.05, 0.1) is 6.26 Å². The highest BCUT2D eigenvalue weighted by molar-refractivity contribution is 5.52. The Morgan fingerprint density at radius 2 is 2.07 bits per heavy atom. The summed E-state index contributed by atoms with van der Waals surface area (Å²) >= 11 is 0. The summed E-state index contributed by atoms with van der Waals surface area (Å²) < 4.78 is 5.57. The van der Waals surface area contributed by atoms with Gasteiger partial charge in [-0.3, -0.25) is 4.90 Å². The fourth-order valence-corrected chi connectivity index (χ4v) is 5.69. The van der Waals surface area contributed by atoms with Gasteiger partial charge in [-0.2, -0.15) is 0 Å². The molecule has 2 aromatic rings. The molecule has 5 nitrogen and oxygen atoms in total. The standard InChI is InChI=1S/C23H32N4O/c1-16-25-21(12-22(26-16)23-7-4-10-28-23)20-15-27-9-8-18(20)11-19(27)14-24-13-17-5-2-3-6-17/h4,7,10,12,17-20,24H,2-3,5-6,8-9,11,13-15H2,1H3/t18-,19+,20-/m0/s1. The number of furan rings is 1. The van der Waals surface area contributed by atoms with Crippen molar-refractivity contribution in [3.05, 3.63) is 36.0 Å². The molecule has 6 rings (SSSR count). The lowest BCUT2D eigenvalue weighted by atomic mass is 9.74. The Bertz CT molecular complexity index is 784. The largest absolute Gasteiger partial charge is 0.463 e. The summed E-state index contributed by atoms with van der Waals surface area (Å²) in [6.07, 6.45) is 10.0. The molecule has 0 spiro atoms. The molecule has 3 aliphatic heterocycles. The molecule has 150 valence electrons. The van der Waals surface area contributed by atoms with Crippen molar-refractivity contribution < 1.29 is 4.42 Å². The number of aryl methyl sites for hydroxylation is 1. The molecule has 28 heavy (non-hydrogen) atoms. The molecule has 5 heterocycles. The van der Waals surface area contributed by atoms with Crippen molar-refractivity contribution in [3.63, 3.8) is 0 Å². The van der Waals surface area contributed by atoms with Crippen LogP contribution in [0.2, 0.25) is 0 Å². The van der Waals surface area contributed by atoms with Gasteiger partial charge in [0, 0.05) is 30.7 Å². The molecule has 3 saturated heterocycles. The predicted octanol–water partition coefficient (Wildman–Crippen LogP) is 4.00. The zero-order valence-electron chi connectivity index (χ0n) is 16.9. The number of nitrogens with zero attached hydrogens (tertiary/aromatic N) is 3.